The molecule has 8 heteroatoms. The molecule has 136 valence electrons. The summed E-state index contributed by atoms with van der Waals surface area (Å²) in [6, 6.07) is 9.09. The minimum absolute atomic E-state index is 0.254. The lowest BCUT2D eigenvalue weighted by atomic mass is 10.2. The maximum absolute atomic E-state index is 12.4. The lowest BCUT2D eigenvalue weighted by Crippen LogP contribution is -2.46. The minimum Gasteiger partial charge on any atom is -0.497 e. The Balaban J connectivity index is 1.60. The SMILES string of the molecule is COc1ccc(CNC(=O)c2ccnc(N3CCN(C=O)CC3)n2)cc1. The molecule has 3 rings (SSSR count). The fraction of sp³-hybridized carbons (Fsp3) is 0.333. The Bertz CT molecular complexity index is 758. The number of piperazine rings is 1. The van der Waals surface area contributed by atoms with Crippen molar-refractivity contribution < 1.29 is 14.3 Å². The molecule has 2 aromatic rings. The molecule has 0 radical (unpaired) electrons. The van der Waals surface area contributed by atoms with Crippen LogP contribution in [0.1, 0.15) is 16.1 Å². The molecule has 0 spiro atoms. The lowest BCUT2D eigenvalue weighted by molar-refractivity contribution is -0.118. The zero-order valence-corrected chi connectivity index (χ0v) is 14.6. The minimum atomic E-state index is -0.254. The van der Waals surface area contributed by atoms with Gasteiger partial charge in [0.2, 0.25) is 12.4 Å². The van der Waals surface area contributed by atoms with E-state index in [9.17, 15) is 9.59 Å². The van der Waals surface area contributed by atoms with Crippen molar-refractivity contribution in [3.63, 3.8) is 0 Å². The number of nitrogens with zero attached hydrogens (tertiary/aromatic N) is 4. The van der Waals surface area contributed by atoms with Gasteiger partial charge in [-0.1, -0.05) is 12.1 Å². The Morgan fingerprint density at radius 3 is 2.58 bits per heavy atom. The first-order chi connectivity index (χ1) is 12.7. The van der Waals surface area contributed by atoms with Crippen molar-refractivity contribution in [2.24, 2.45) is 0 Å². The van der Waals surface area contributed by atoms with E-state index < -0.39 is 0 Å². The normalized spacial score (nSPS) is 14.0. The first-order valence-corrected chi connectivity index (χ1v) is 8.38. The number of amides is 2. The van der Waals surface area contributed by atoms with Gasteiger partial charge < -0.3 is 19.9 Å². The molecule has 1 aliphatic heterocycles. The smallest absolute Gasteiger partial charge is 0.270 e. The van der Waals surface area contributed by atoms with E-state index in [4.69, 9.17) is 4.74 Å². The summed E-state index contributed by atoms with van der Waals surface area (Å²) in [6.07, 6.45) is 2.43. The highest BCUT2D eigenvalue weighted by molar-refractivity contribution is 5.92. The molecule has 26 heavy (non-hydrogen) atoms. The molecule has 0 aliphatic carbocycles. The molecule has 1 saturated heterocycles. The fourth-order valence-electron chi connectivity index (χ4n) is 2.67. The molecule has 1 N–H and O–H groups in total. The average molecular weight is 355 g/mol. The Kier molecular flexibility index (Phi) is 5.62. The van der Waals surface area contributed by atoms with E-state index in [1.165, 1.54) is 0 Å². The number of carbonyl (C=O) groups is 2. The summed E-state index contributed by atoms with van der Waals surface area (Å²) in [5.41, 5.74) is 1.29. The van der Waals surface area contributed by atoms with E-state index in [1.807, 2.05) is 29.2 Å². The average Bonchev–Trinajstić information content (AvgIpc) is 2.72. The Morgan fingerprint density at radius 1 is 1.19 bits per heavy atom. The van der Waals surface area contributed by atoms with Crippen molar-refractivity contribution >= 4 is 18.3 Å². The summed E-state index contributed by atoms with van der Waals surface area (Å²) in [5, 5.41) is 2.86. The van der Waals surface area contributed by atoms with E-state index in [0.717, 1.165) is 17.7 Å². The van der Waals surface area contributed by atoms with E-state index in [0.29, 0.717) is 44.4 Å². The summed E-state index contributed by atoms with van der Waals surface area (Å²) in [5.74, 6) is 1.03. The van der Waals surface area contributed by atoms with Crippen LogP contribution in [0.3, 0.4) is 0 Å². The van der Waals surface area contributed by atoms with Crippen molar-refractivity contribution in [1.82, 2.24) is 20.2 Å². The highest BCUT2D eigenvalue weighted by atomic mass is 16.5. The number of ether oxygens (including phenoxy) is 1. The van der Waals surface area contributed by atoms with Gasteiger partial charge >= 0.3 is 0 Å². The van der Waals surface area contributed by atoms with Crippen molar-refractivity contribution in [3.8, 4) is 5.75 Å². The molecule has 8 nitrogen and oxygen atoms in total. The fourth-order valence-corrected chi connectivity index (χ4v) is 2.67. The van der Waals surface area contributed by atoms with Crippen LogP contribution < -0.4 is 15.0 Å². The highest BCUT2D eigenvalue weighted by Gasteiger charge is 2.19. The van der Waals surface area contributed by atoms with Gasteiger partial charge in [-0.15, -0.1) is 0 Å². The molecule has 1 aromatic carbocycles. The molecule has 0 bridgehead atoms. The number of benzene rings is 1. The monoisotopic (exact) mass is 355 g/mol. The standard InChI is InChI=1S/C18H21N5O3/c1-26-15-4-2-14(3-5-15)12-20-17(25)16-6-7-19-18(21-16)23-10-8-22(13-24)9-11-23/h2-7,13H,8-12H2,1H3,(H,20,25). The maximum Gasteiger partial charge on any atom is 0.270 e. The third kappa shape index (κ3) is 4.27. The first kappa shape index (κ1) is 17.7. The van der Waals surface area contributed by atoms with Crippen LogP contribution in [-0.4, -0.2) is 60.5 Å². The zero-order chi connectivity index (χ0) is 18.4. The highest BCUT2D eigenvalue weighted by Crippen LogP contribution is 2.12. The number of hydrogen-bond acceptors (Lipinski definition) is 6. The largest absolute Gasteiger partial charge is 0.497 e. The van der Waals surface area contributed by atoms with Crippen LogP contribution >= 0.6 is 0 Å². The molecule has 0 atom stereocenters. The number of aromatic nitrogens is 2. The number of hydrogen-bond donors (Lipinski definition) is 1. The number of methoxy groups -OCH3 is 1. The van der Waals surface area contributed by atoms with Gasteiger partial charge in [0, 0.05) is 38.9 Å². The van der Waals surface area contributed by atoms with Gasteiger partial charge in [0.1, 0.15) is 11.4 Å². The van der Waals surface area contributed by atoms with Crippen molar-refractivity contribution in [2.45, 2.75) is 6.54 Å². The zero-order valence-electron chi connectivity index (χ0n) is 14.6. The van der Waals surface area contributed by atoms with Crippen molar-refractivity contribution in [2.75, 3.05) is 38.2 Å². The van der Waals surface area contributed by atoms with Crippen LogP contribution in [0.4, 0.5) is 5.95 Å². The van der Waals surface area contributed by atoms with Gasteiger partial charge in [-0.05, 0) is 23.8 Å². The van der Waals surface area contributed by atoms with Crippen LogP contribution in [0, 0.1) is 0 Å². The third-order valence-corrected chi connectivity index (χ3v) is 4.23. The van der Waals surface area contributed by atoms with Crippen LogP contribution in [0.5, 0.6) is 5.75 Å². The van der Waals surface area contributed by atoms with Crippen molar-refractivity contribution in [3.05, 3.63) is 47.8 Å². The Labute approximate surface area is 151 Å². The second-order valence-corrected chi connectivity index (χ2v) is 5.90. The summed E-state index contributed by atoms with van der Waals surface area (Å²) < 4.78 is 5.12. The Hall–Kier alpha value is -3.16. The molecule has 2 heterocycles. The van der Waals surface area contributed by atoms with Gasteiger partial charge in [-0.2, -0.15) is 0 Å². The van der Waals surface area contributed by atoms with Crippen LogP contribution in [0.25, 0.3) is 0 Å². The van der Waals surface area contributed by atoms with Gasteiger partial charge in [0.25, 0.3) is 5.91 Å². The molecule has 1 aliphatic rings. The molecular formula is C18H21N5O3. The molecule has 1 aromatic heterocycles. The summed E-state index contributed by atoms with van der Waals surface area (Å²) >= 11 is 0. The topological polar surface area (TPSA) is 87.7 Å². The molecule has 2 amide bonds. The molecule has 1 fully saturated rings. The number of carbonyl (C=O) groups excluding carboxylic acids is 2. The third-order valence-electron chi connectivity index (χ3n) is 4.23. The second kappa shape index (κ2) is 8.28. The van der Waals surface area contributed by atoms with Crippen molar-refractivity contribution in [1.29, 1.82) is 0 Å². The number of nitrogens with one attached hydrogen (secondary N) is 1. The van der Waals surface area contributed by atoms with Gasteiger partial charge in [-0.3, -0.25) is 9.59 Å². The van der Waals surface area contributed by atoms with Gasteiger partial charge in [0.05, 0.1) is 7.11 Å². The number of rotatable bonds is 6. The summed E-state index contributed by atoms with van der Waals surface area (Å²) in [6.45, 7) is 2.95. The lowest BCUT2D eigenvalue weighted by Gasteiger charge is -2.32. The molecule has 0 unspecified atom stereocenters. The van der Waals surface area contributed by atoms with E-state index in [-0.39, 0.29) is 5.91 Å². The maximum atomic E-state index is 12.4. The number of anilines is 1. The van der Waals surface area contributed by atoms with Crippen LogP contribution in [-0.2, 0) is 11.3 Å². The van der Waals surface area contributed by atoms with Crippen LogP contribution in [0.2, 0.25) is 0 Å². The second-order valence-electron chi connectivity index (χ2n) is 5.90. The quantitative estimate of drug-likeness (QED) is 0.768. The predicted octanol–water partition coefficient (Wildman–Crippen LogP) is 0.694. The van der Waals surface area contributed by atoms with Crippen LogP contribution in [0.15, 0.2) is 36.5 Å². The van der Waals surface area contributed by atoms with E-state index >= 15 is 0 Å². The molecular weight excluding hydrogens is 334 g/mol. The van der Waals surface area contributed by atoms with Gasteiger partial charge in [-0.25, -0.2) is 9.97 Å². The Morgan fingerprint density at radius 2 is 1.92 bits per heavy atom. The van der Waals surface area contributed by atoms with E-state index in [2.05, 4.69) is 15.3 Å². The summed E-state index contributed by atoms with van der Waals surface area (Å²) in [4.78, 5) is 35.5. The summed E-state index contributed by atoms with van der Waals surface area (Å²) in [7, 11) is 1.61. The first-order valence-electron chi connectivity index (χ1n) is 8.38. The van der Waals surface area contributed by atoms with Gasteiger partial charge in [0.15, 0.2) is 0 Å². The van der Waals surface area contributed by atoms with E-state index in [1.54, 1.807) is 24.3 Å². The molecule has 0 saturated carbocycles. The predicted molar refractivity (Wildman–Crippen MR) is 96.0 cm³/mol.